The largest absolute Gasteiger partial charge is 0.496 e. The molecule has 0 aliphatic rings. The molecule has 2 aromatic carbocycles. The van der Waals surface area contributed by atoms with Crippen LogP contribution in [-0.2, 0) is 6.61 Å². The van der Waals surface area contributed by atoms with Gasteiger partial charge in [0, 0.05) is 10.6 Å². The number of carboxylic acids is 1. The Bertz CT molecular complexity index is 608. The Labute approximate surface area is 121 Å². The fourth-order valence-corrected chi connectivity index (χ4v) is 1.84. The summed E-state index contributed by atoms with van der Waals surface area (Å²) in [4.78, 5) is 11.0. The van der Waals surface area contributed by atoms with Crippen LogP contribution in [0.15, 0.2) is 42.5 Å². The zero-order valence-corrected chi connectivity index (χ0v) is 11.6. The summed E-state index contributed by atoms with van der Waals surface area (Å²) in [7, 11) is 1.53. The summed E-state index contributed by atoms with van der Waals surface area (Å²) >= 11 is 5.79. The van der Waals surface area contributed by atoms with Gasteiger partial charge in [0.1, 0.15) is 18.1 Å². The number of halogens is 1. The topological polar surface area (TPSA) is 55.8 Å². The summed E-state index contributed by atoms with van der Waals surface area (Å²) < 4.78 is 10.8. The average molecular weight is 293 g/mol. The first-order chi connectivity index (χ1) is 9.60. The summed E-state index contributed by atoms with van der Waals surface area (Å²) in [5.74, 6) is 0.251. The quantitative estimate of drug-likeness (QED) is 0.914. The van der Waals surface area contributed by atoms with Gasteiger partial charge >= 0.3 is 5.97 Å². The van der Waals surface area contributed by atoms with Crippen LogP contribution in [-0.4, -0.2) is 18.2 Å². The minimum atomic E-state index is -0.986. The fourth-order valence-electron chi connectivity index (χ4n) is 1.72. The van der Waals surface area contributed by atoms with Gasteiger partial charge in [-0.2, -0.15) is 0 Å². The SMILES string of the molecule is COc1ccc(C(=O)O)cc1COc1ccc(Cl)cc1. The molecule has 1 N–H and O–H groups in total. The van der Waals surface area contributed by atoms with Crippen molar-refractivity contribution in [2.45, 2.75) is 6.61 Å². The number of hydrogen-bond donors (Lipinski definition) is 1. The van der Waals surface area contributed by atoms with Crippen LogP contribution in [0.2, 0.25) is 5.02 Å². The van der Waals surface area contributed by atoms with Crippen LogP contribution in [0, 0.1) is 0 Å². The first kappa shape index (κ1) is 14.2. The minimum Gasteiger partial charge on any atom is -0.496 e. The van der Waals surface area contributed by atoms with Gasteiger partial charge < -0.3 is 14.6 Å². The molecule has 2 rings (SSSR count). The second-order valence-corrected chi connectivity index (χ2v) is 4.51. The molecule has 0 saturated carbocycles. The smallest absolute Gasteiger partial charge is 0.335 e. The zero-order chi connectivity index (χ0) is 14.5. The number of methoxy groups -OCH3 is 1. The summed E-state index contributed by atoms with van der Waals surface area (Å²) in [6.07, 6.45) is 0. The van der Waals surface area contributed by atoms with Crippen LogP contribution in [0.1, 0.15) is 15.9 Å². The van der Waals surface area contributed by atoms with Crippen molar-refractivity contribution in [2.24, 2.45) is 0 Å². The number of aromatic carboxylic acids is 1. The van der Waals surface area contributed by atoms with E-state index < -0.39 is 5.97 Å². The number of carbonyl (C=O) groups is 1. The first-order valence-electron chi connectivity index (χ1n) is 5.88. The van der Waals surface area contributed by atoms with Crippen molar-refractivity contribution < 1.29 is 19.4 Å². The summed E-state index contributed by atoms with van der Waals surface area (Å²) in [6, 6.07) is 11.6. The Morgan fingerprint density at radius 1 is 1.20 bits per heavy atom. The van der Waals surface area contributed by atoms with Gasteiger partial charge in [-0.1, -0.05) is 11.6 Å². The van der Waals surface area contributed by atoms with Gasteiger partial charge in [-0.05, 0) is 42.5 Å². The number of rotatable bonds is 5. The molecule has 0 aliphatic carbocycles. The summed E-state index contributed by atoms with van der Waals surface area (Å²) in [5, 5.41) is 9.62. The molecule has 0 atom stereocenters. The molecular weight excluding hydrogens is 280 g/mol. The highest BCUT2D eigenvalue weighted by atomic mass is 35.5. The van der Waals surface area contributed by atoms with Gasteiger partial charge in [0.25, 0.3) is 0 Å². The molecule has 104 valence electrons. The maximum absolute atomic E-state index is 11.0. The molecule has 0 unspecified atom stereocenters. The Hall–Kier alpha value is -2.20. The lowest BCUT2D eigenvalue weighted by Crippen LogP contribution is -2.03. The predicted octanol–water partition coefficient (Wildman–Crippen LogP) is 3.63. The molecule has 0 spiro atoms. The standard InChI is InChI=1S/C15H13ClO4/c1-19-14-7-2-10(15(17)18)8-11(14)9-20-13-5-3-12(16)4-6-13/h2-8H,9H2,1H3,(H,17,18). The van der Waals surface area contributed by atoms with E-state index in [-0.39, 0.29) is 12.2 Å². The summed E-state index contributed by atoms with van der Waals surface area (Å²) in [5.41, 5.74) is 0.864. The Balaban J connectivity index is 2.16. The van der Waals surface area contributed by atoms with Gasteiger partial charge in [0.2, 0.25) is 0 Å². The number of carboxylic acid groups (broad SMARTS) is 1. The first-order valence-corrected chi connectivity index (χ1v) is 6.26. The number of benzene rings is 2. The van der Waals surface area contributed by atoms with Gasteiger partial charge in [-0.15, -0.1) is 0 Å². The Kier molecular flexibility index (Phi) is 4.48. The van der Waals surface area contributed by atoms with E-state index in [4.69, 9.17) is 26.2 Å². The molecule has 0 saturated heterocycles. The lowest BCUT2D eigenvalue weighted by atomic mass is 10.1. The molecule has 0 radical (unpaired) electrons. The highest BCUT2D eigenvalue weighted by molar-refractivity contribution is 6.30. The molecule has 0 aromatic heterocycles. The van der Waals surface area contributed by atoms with Crippen LogP contribution >= 0.6 is 11.6 Å². The van der Waals surface area contributed by atoms with Crippen LogP contribution in [0.4, 0.5) is 0 Å². The number of ether oxygens (including phenoxy) is 2. The molecule has 0 bridgehead atoms. The third-order valence-corrected chi connectivity index (χ3v) is 2.99. The maximum Gasteiger partial charge on any atom is 0.335 e. The van der Waals surface area contributed by atoms with E-state index in [0.29, 0.717) is 22.1 Å². The molecule has 0 amide bonds. The zero-order valence-electron chi connectivity index (χ0n) is 10.8. The second-order valence-electron chi connectivity index (χ2n) is 4.07. The molecule has 20 heavy (non-hydrogen) atoms. The van der Waals surface area contributed by atoms with Crippen molar-refractivity contribution in [1.82, 2.24) is 0 Å². The minimum absolute atomic E-state index is 0.195. The van der Waals surface area contributed by atoms with Crippen molar-refractivity contribution in [3.8, 4) is 11.5 Å². The van der Waals surface area contributed by atoms with Crippen molar-refractivity contribution in [1.29, 1.82) is 0 Å². The Morgan fingerprint density at radius 3 is 2.50 bits per heavy atom. The lowest BCUT2D eigenvalue weighted by Gasteiger charge is -2.11. The molecule has 0 fully saturated rings. The van der Waals surface area contributed by atoms with Crippen molar-refractivity contribution >= 4 is 17.6 Å². The van der Waals surface area contributed by atoms with Crippen molar-refractivity contribution in [3.05, 3.63) is 58.6 Å². The van der Waals surface area contributed by atoms with E-state index in [9.17, 15) is 4.79 Å². The lowest BCUT2D eigenvalue weighted by molar-refractivity contribution is 0.0696. The van der Waals surface area contributed by atoms with E-state index >= 15 is 0 Å². The molecule has 2 aromatic rings. The van der Waals surface area contributed by atoms with E-state index in [1.165, 1.54) is 19.2 Å². The highest BCUT2D eigenvalue weighted by Gasteiger charge is 2.09. The summed E-state index contributed by atoms with van der Waals surface area (Å²) in [6.45, 7) is 0.214. The Morgan fingerprint density at radius 2 is 1.90 bits per heavy atom. The van der Waals surface area contributed by atoms with Gasteiger partial charge in [-0.3, -0.25) is 0 Å². The van der Waals surface area contributed by atoms with Crippen molar-refractivity contribution in [2.75, 3.05) is 7.11 Å². The number of hydrogen-bond acceptors (Lipinski definition) is 3. The van der Waals surface area contributed by atoms with E-state index in [1.54, 1.807) is 30.3 Å². The third-order valence-electron chi connectivity index (χ3n) is 2.74. The van der Waals surface area contributed by atoms with Crippen LogP contribution < -0.4 is 9.47 Å². The molecule has 0 heterocycles. The van der Waals surface area contributed by atoms with Gasteiger partial charge in [-0.25, -0.2) is 4.79 Å². The van der Waals surface area contributed by atoms with Gasteiger partial charge in [0.15, 0.2) is 0 Å². The second kappa shape index (κ2) is 6.30. The van der Waals surface area contributed by atoms with Gasteiger partial charge in [0.05, 0.1) is 12.7 Å². The highest BCUT2D eigenvalue weighted by Crippen LogP contribution is 2.23. The van der Waals surface area contributed by atoms with E-state index in [1.807, 2.05) is 0 Å². The van der Waals surface area contributed by atoms with Crippen LogP contribution in [0.3, 0.4) is 0 Å². The maximum atomic E-state index is 11.0. The van der Waals surface area contributed by atoms with Crippen LogP contribution in [0.5, 0.6) is 11.5 Å². The monoisotopic (exact) mass is 292 g/mol. The van der Waals surface area contributed by atoms with Crippen LogP contribution in [0.25, 0.3) is 0 Å². The predicted molar refractivity (Wildman–Crippen MR) is 75.7 cm³/mol. The molecule has 0 aliphatic heterocycles. The van der Waals surface area contributed by atoms with E-state index in [0.717, 1.165) is 0 Å². The van der Waals surface area contributed by atoms with Crippen molar-refractivity contribution in [3.63, 3.8) is 0 Å². The fraction of sp³-hybridized carbons (Fsp3) is 0.133. The molecular formula is C15H13ClO4. The normalized spacial score (nSPS) is 10.1. The molecule has 5 heteroatoms. The third kappa shape index (κ3) is 3.42. The average Bonchev–Trinajstić information content (AvgIpc) is 2.46. The van der Waals surface area contributed by atoms with E-state index in [2.05, 4.69) is 0 Å². The molecule has 4 nitrogen and oxygen atoms in total.